The largest absolute Gasteiger partial charge is 0.417 e. The van der Waals surface area contributed by atoms with Crippen molar-refractivity contribution in [1.82, 2.24) is 29.3 Å². The maximum atomic E-state index is 13.3. The molecule has 0 aliphatic rings. The average Bonchev–Trinajstić information content (AvgIpc) is 3.23. The van der Waals surface area contributed by atoms with Crippen LogP contribution in [0.5, 0.6) is 0 Å². The molecule has 9 nitrogen and oxygen atoms in total. The molecule has 4 rings (SSSR count). The first-order valence-electron chi connectivity index (χ1n) is 10.5. The third-order valence-corrected chi connectivity index (χ3v) is 5.54. The highest BCUT2D eigenvalue weighted by Crippen LogP contribution is 2.30. The SMILES string of the molecule is CCn1c(=O)c2cccc(C(=O)CN(C)C)c2n2nnc(C(=S)Nc3cncc(C(F)(F)F)c3)c12. The molecule has 0 fully saturated rings. The number of benzene rings is 1. The summed E-state index contributed by atoms with van der Waals surface area (Å²) in [4.78, 5) is 31.5. The lowest BCUT2D eigenvalue weighted by molar-refractivity contribution is -0.137. The van der Waals surface area contributed by atoms with E-state index in [4.69, 9.17) is 12.2 Å². The number of halogens is 3. The molecular weight excluding hydrogens is 483 g/mol. The summed E-state index contributed by atoms with van der Waals surface area (Å²) in [6.07, 6.45) is -2.69. The van der Waals surface area contributed by atoms with Gasteiger partial charge < -0.3 is 10.2 Å². The summed E-state index contributed by atoms with van der Waals surface area (Å²) in [5.41, 5.74) is -0.454. The number of alkyl halides is 3. The lowest BCUT2D eigenvalue weighted by Crippen LogP contribution is -2.26. The van der Waals surface area contributed by atoms with Crippen molar-refractivity contribution in [3.05, 3.63) is 63.8 Å². The van der Waals surface area contributed by atoms with Gasteiger partial charge in [0, 0.05) is 18.3 Å². The molecule has 0 atom stereocenters. The van der Waals surface area contributed by atoms with Gasteiger partial charge in [-0.25, -0.2) is 0 Å². The number of likely N-dealkylation sites (N-methyl/N-ethyl adjacent to an activating group) is 1. The topological polar surface area (TPSA) is 97.4 Å². The lowest BCUT2D eigenvalue weighted by Gasteiger charge is -2.14. The number of nitrogens with zero attached hydrogens (tertiary/aromatic N) is 6. The minimum absolute atomic E-state index is 0.000917. The van der Waals surface area contributed by atoms with Crippen LogP contribution in [0.15, 0.2) is 41.5 Å². The van der Waals surface area contributed by atoms with Gasteiger partial charge in [0.1, 0.15) is 4.99 Å². The van der Waals surface area contributed by atoms with E-state index in [1.165, 1.54) is 15.3 Å². The van der Waals surface area contributed by atoms with Gasteiger partial charge in [-0.05, 0) is 39.2 Å². The molecule has 182 valence electrons. The summed E-state index contributed by atoms with van der Waals surface area (Å²) in [5, 5.41) is 11.2. The summed E-state index contributed by atoms with van der Waals surface area (Å²) in [7, 11) is 3.51. The Labute approximate surface area is 202 Å². The minimum Gasteiger partial charge on any atom is -0.343 e. The van der Waals surface area contributed by atoms with Gasteiger partial charge in [-0.1, -0.05) is 23.5 Å². The van der Waals surface area contributed by atoms with Crippen LogP contribution in [-0.4, -0.2) is 60.7 Å². The van der Waals surface area contributed by atoms with Crippen LogP contribution in [0.1, 0.15) is 28.5 Å². The highest BCUT2D eigenvalue weighted by atomic mass is 32.1. The molecule has 13 heteroatoms. The van der Waals surface area contributed by atoms with Crippen molar-refractivity contribution in [2.45, 2.75) is 19.6 Å². The first-order chi connectivity index (χ1) is 16.5. The number of carbonyl (C=O) groups excluding carboxylic acids is 1. The van der Waals surface area contributed by atoms with Gasteiger partial charge in [0.25, 0.3) is 5.56 Å². The smallest absolute Gasteiger partial charge is 0.343 e. The number of aromatic nitrogens is 5. The van der Waals surface area contributed by atoms with Crippen molar-refractivity contribution in [1.29, 1.82) is 0 Å². The van der Waals surface area contributed by atoms with Crippen molar-refractivity contribution in [3.63, 3.8) is 0 Å². The Balaban J connectivity index is 1.89. The third kappa shape index (κ3) is 4.51. The van der Waals surface area contributed by atoms with Crippen LogP contribution in [0, 0.1) is 0 Å². The Bertz CT molecular complexity index is 1530. The number of para-hydroxylation sites is 1. The maximum absolute atomic E-state index is 13.3. The molecule has 1 aromatic carbocycles. The molecule has 4 aromatic rings. The van der Waals surface area contributed by atoms with Crippen molar-refractivity contribution in [2.24, 2.45) is 0 Å². The standard InChI is InChI=1S/C22H20F3N7O2S/c1-4-31-20-17(19(35)27-13-8-12(9-26-10-13)22(23,24)25)28-29-32(20)18-14(16(33)11-30(2)3)6-5-7-15(18)21(31)34/h5-10H,4,11H2,1-3H3,(H,27,35). The van der Waals surface area contributed by atoms with Crippen molar-refractivity contribution in [2.75, 3.05) is 26.0 Å². The van der Waals surface area contributed by atoms with E-state index in [-0.39, 0.29) is 57.4 Å². The predicted octanol–water partition coefficient (Wildman–Crippen LogP) is 3.01. The molecule has 0 bridgehead atoms. The zero-order chi connectivity index (χ0) is 25.5. The molecule has 3 aromatic heterocycles. The van der Waals surface area contributed by atoms with Crippen LogP contribution in [0.2, 0.25) is 0 Å². The van der Waals surface area contributed by atoms with E-state index in [0.717, 1.165) is 6.07 Å². The Hall–Kier alpha value is -3.71. The number of nitrogens with one attached hydrogen (secondary N) is 1. The number of hydrogen-bond acceptors (Lipinski definition) is 7. The number of thiocarbonyl (C=S) groups is 1. The van der Waals surface area contributed by atoms with Crippen LogP contribution in [0.25, 0.3) is 16.6 Å². The fourth-order valence-corrected chi connectivity index (χ4v) is 4.00. The van der Waals surface area contributed by atoms with E-state index in [1.54, 1.807) is 44.1 Å². The van der Waals surface area contributed by atoms with Crippen LogP contribution < -0.4 is 10.9 Å². The van der Waals surface area contributed by atoms with Gasteiger partial charge in [-0.15, -0.1) is 5.10 Å². The van der Waals surface area contributed by atoms with E-state index in [1.807, 2.05) is 0 Å². The molecule has 0 spiro atoms. The zero-order valence-electron chi connectivity index (χ0n) is 18.9. The van der Waals surface area contributed by atoms with Gasteiger partial charge in [-0.3, -0.25) is 19.1 Å². The Morgan fingerprint density at radius 1 is 1.23 bits per heavy atom. The molecule has 0 radical (unpaired) electrons. The number of fused-ring (bicyclic) bond motifs is 3. The number of rotatable bonds is 6. The first kappa shape index (κ1) is 24.4. The van der Waals surface area contributed by atoms with Gasteiger partial charge in [-0.2, -0.15) is 17.7 Å². The van der Waals surface area contributed by atoms with E-state index >= 15 is 0 Å². The van der Waals surface area contributed by atoms with Crippen LogP contribution in [0.3, 0.4) is 0 Å². The molecule has 0 saturated heterocycles. The molecule has 0 amide bonds. The second-order valence-corrected chi connectivity index (χ2v) is 8.41. The summed E-state index contributed by atoms with van der Waals surface area (Å²) in [6, 6.07) is 5.70. The number of ketones is 1. The minimum atomic E-state index is -4.58. The highest BCUT2D eigenvalue weighted by molar-refractivity contribution is 7.81. The predicted molar refractivity (Wildman–Crippen MR) is 128 cm³/mol. The van der Waals surface area contributed by atoms with Gasteiger partial charge >= 0.3 is 6.18 Å². The summed E-state index contributed by atoms with van der Waals surface area (Å²) in [5.74, 6) is -0.219. The molecule has 1 N–H and O–H groups in total. The fourth-order valence-electron chi connectivity index (χ4n) is 3.75. The molecule has 0 aliphatic carbocycles. The van der Waals surface area contributed by atoms with Crippen LogP contribution in [-0.2, 0) is 12.7 Å². The molecule has 0 saturated carbocycles. The normalized spacial score (nSPS) is 12.0. The maximum Gasteiger partial charge on any atom is 0.417 e. The highest BCUT2D eigenvalue weighted by Gasteiger charge is 2.31. The van der Waals surface area contributed by atoms with Gasteiger partial charge in [0.05, 0.1) is 34.9 Å². The van der Waals surface area contributed by atoms with E-state index in [9.17, 15) is 22.8 Å². The van der Waals surface area contributed by atoms with Crippen LogP contribution in [0.4, 0.5) is 18.9 Å². The molecular formula is C22H20F3N7O2S. The third-order valence-electron chi connectivity index (χ3n) is 5.24. The number of aryl methyl sites for hydroxylation is 1. The molecule has 0 aliphatic heterocycles. The van der Waals surface area contributed by atoms with Crippen molar-refractivity contribution < 1.29 is 18.0 Å². The number of carbonyl (C=O) groups is 1. The second kappa shape index (κ2) is 9.15. The quantitative estimate of drug-likeness (QED) is 0.317. The average molecular weight is 504 g/mol. The zero-order valence-corrected chi connectivity index (χ0v) is 19.7. The monoisotopic (exact) mass is 503 g/mol. The van der Waals surface area contributed by atoms with Crippen LogP contribution >= 0.6 is 12.2 Å². The fraction of sp³-hybridized carbons (Fsp3) is 0.273. The lowest BCUT2D eigenvalue weighted by atomic mass is 10.1. The Morgan fingerprint density at radius 2 is 1.97 bits per heavy atom. The van der Waals surface area contributed by atoms with E-state index < -0.39 is 11.7 Å². The molecule has 0 unspecified atom stereocenters. The van der Waals surface area contributed by atoms with E-state index in [2.05, 4.69) is 20.6 Å². The van der Waals surface area contributed by atoms with Crippen molar-refractivity contribution in [3.8, 4) is 0 Å². The second-order valence-electron chi connectivity index (χ2n) is 8.00. The Kier molecular flexibility index (Phi) is 6.38. The number of hydrogen-bond donors (Lipinski definition) is 1. The van der Waals surface area contributed by atoms with Gasteiger partial charge in [0.15, 0.2) is 17.1 Å². The van der Waals surface area contributed by atoms with Gasteiger partial charge in [0.2, 0.25) is 0 Å². The first-order valence-corrected chi connectivity index (χ1v) is 10.9. The molecule has 35 heavy (non-hydrogen) atoms. The Morgan fingerprint density at radius 3 is 2.63 bits per heavy atom. The summed E-state index contributed by atoms with van der Waals surface area (Å²) in [6.45, 7) is 2.10. The summed E-state index contributed by atoms with van der Waals surface area (Å²) < 4.78 is 42.0. The number of Topliss-reactive ketones (excluding diaryl/α,β-unsaturated/α-hetero) is 1. The summed E-state index contributed by atoms with van der Waals surface area (Å²) >= 11 is 5.41. The molecule has 3 heterocycles. The number of pyridine rings is 1. The number of anilines is 1. The van der Waals surface area contributed by atoms with E-state index in [0.29, 0.717) is 11.8 Å². The van der Waals surface area contributed by atoms with Crippen molar-refractivity contribution >= 4 is 45.2 Å².